The second-order valence-corrected chi connectivity index (χ2v) is 5.98. The van der Waals surface area contributed by atoms with Crippen LogP contribution in [0.1, 0.15) is 6.42 Å². The number of rotatable bonds is 5. The van der Waals surface area contributed by atoms with Gasteiger partial charge in [-0.3, -0.25) is 4.79 Å². The topological polar surface area (TPSA) is 92.5 Å². The van der Waals surface area contributed by atoms with Crippen molar-refractivity contribution in [3.05, 3.63) is 24.0 Å². The first-order valence-electron chi connectivity index (χ1n) is 5.51. The molecule has 0 spiro atoms. The minimum atomic E-state index is -3.78. The number of anilines is 1. The van der Waals surface area contributed by atoms with Crippen molar-refractivity contribution in [2.75, 3.05) is 26.4 Å². The van der Waals surface area contributed by atoms with Crippen molar-refractivity contribution >= 4 is 21.6 Å². The predicted octanol–water partition coefficient (Wildman–Crippen LogP) is 0.165. The van der Waals surface area contributed by atoms with Crippen LogP contribution < -0.4 is 11.1 Å². The van der Waals surface area contributed by atoms with E-state index in [-0.39, 0.29) is 29.5 Å². The molecule has 0 fully saturated rings. The Kier molecular flexibility index (Phi) is 4.84. The number of hydrogen-bond acceptors (Lipinski definition) is 4. The monoisotopic (exact) mass is 289 g/mol. The Labute approximate surface area is 111 Å². The quantitative estimate of drug-likeness (QED) is 0.755. The van der Waals surface area contributed by atoms with Gasteiger partial charge in [0.1, 0.15) is 5.82 Å². The molecule has 1 aromatic carbocycles. The maximum Gasteiger partial charge on any atom is 0.242 e. The third-order valence-corrected chi connectivity index (χ3v) is 4.46. The molecule has 1 rings (SSSR count). The van der Waals surface area contributed by atoms with Gasteiger partial charge in [0, 0.05) is 27.1 Å². The van der Waals surface area contributed by atoms with Crippen molar-refractivity contribution in [1.82, 2.24) is 9.62 Å². The lowest BCUT2D eigenvalue weighted by Gasteiger charge is -2.17. The predicted molar refractivity (Wildman–Crippen MR) is 69.3 cm³/mol. The van der Waals surface area contributed by atoms with Gasteiger partial charge in [0.15, 0.2) is 0 Å². The number of carbonyl (C=O) groups excluding carboxylic acids is 1. The summed E-state index contributed by atoms with van der Waals surface area (Å²) in [6.45, 7) is 0.0271. The lowest BCUT2D eigenvalue weighted by Crippen LogP contribution is -2.31. The Morgan fingerprint density at radius 3 is 2.63 bits per heavy atom. The van der Waals surface area contributed by atoms with E-state index in [4.69, 9.17) is 5.73 Å². The number of carbonyl (C=O) groups is 1. The van der Waals surface area contributed by atoms with Crippen LogP contribution in [0.4, 0.5) is 10.1 Å². The molecule has 6 nitrogen and oxygen atoms in total. The average molecular weight is 289 g/mol. The highest BCUT2D eigenvalue weighted by Crippen LogP contribution is 2.19. The highest BCUT2D eigenvalue weighted by atomic mass is 32.2. The number of benzene rings is 1. The first-order valence-corrected chi connectivity index (χ1v) is 6.95. The van der Waals surface area contributed by atoms with E-state index in [1.165, 1.54) is 14.1 Å². The molecule has 0 aromatic heterocycles. The summed E-state index contributed by atoms with van der Waals surface area (Å²) in [6, 6.07) is 3.19. The van der Waals surface area contributed by atoms with Crippen molar-refractivity contribution in [2.24, 2.45) is 0 Å². The van der Waals surface area contributed by atoms with E-state index in [0.717, 1.165) is 22.5 Å². The fourth-order valence-corrected chi connectivity index (χ4v) is 2.57. The summed E-state index contributed by atoms with van der Waals surface area (Å²) in [5.41, 5.74) is 5.10. The Hall–Kier alpha value is -1.67. The zero-order valence-electron chi connectivity index (χ0n) is 10.7. The van der Waals surface area contributed by atoms with Crippen LogP contribution >= 0.6 is 0 Å². The third-order valence-electron chi connectivity index (χ3n) is 2.61. The van der Waals surface area contributed by atoms with Crippen molar-refractivity contribution in [3.8, 4) is 0 Å². The van der Waals surface area contributed by atoms with Gasteiger partial charge in [0.2, 0.25) is 15.9 Å². The van der Waals surface area contributed by atoms with E-state index < -0.39 is 15.8 Å². The Bertz CT molecular complexity index is 575. The Morgan fingerprint density at radius 1 is 1.47 bits per heavy atom. The number of halogens is 1. The smallest absolute Gasteiger partial charge is 0.242 e. The first kappa shape index (κ1) is 15.4. The van der Waals surface area contributed by atoms with Crippen LogP contribution in [0, 0.1) is 5.82 Å². The molecule has 19 heavy (non-hydrogen) atoms. The molecular formula is C11H16FN3O3S. The van der Waals surface area contributed by atoms with Gasteiger partial charge in [-0.25, -0.2) is 17.1 Å². The molecule has 0 heterocycles. The summed E-state index contributed by atoms with van der Waals surface area (Å²) < 4.78 is 38.2. The maximum absolute atomic E-state index is 13.0. The molecule has 0 saturated heterocycles. The van der Waals surface area contributed by atoms with Crippen LogP contribution in [0.3, 0.4) is 0 Å². The van der Waals surface area contributed by atoms with Gasteiger partial charge < -0.3 is 11.1 Å². The minimum Gasteiger partial charge on any atom is -0.396 e. The number of sulfonamides is 1. The van der Waals surface area contributed by atoms with E-state index in [2.05, 4.69) is 5.32 Å². The number of nitrogens with one attached hydrogen (secondary N) is 1. The SMILES string of the molecule is CNC(=O)CCN(C)S(=O)(=O)c1ccc(F)c(N)c1. The third kappa shape index (κ3) is 3.65. The number of amides is 1. The molecule has 0 atom stereocenters. The van der Waals surface area contributed by atoms with Crippen molar-refractivity contribution in [1.29, 1.82) is 0 Å². The molecule has 3 N–H and O–H groups in total. The number of hydrogen-bond donors (Lipinski definition) is 2. The fourth-order valence-electron chi connectivity index (χ4n) is 1.37. The first-order chi connectivity index (χ1) is 8.78. The van der Waals surface area contributed by atoms with E-state index in [1.807, 2.05) is 0 Å². The zero-order valence-corrected chi connectivity index (χ0v) is 11.5. The lowest BCUT2D eigenvalue weighted by molar-refractivity contribution is -0.120. The minimum absolute atomic E-state index is 0.0271. The standard InChI is InChI=1S/C11H16FN3O3S/c1-14-11(16)5-6-15(2)19(17,18)8-3-4-9(12)10(13)7-8/h3-4,7H,5-6,13H2,1-2H3,(H,14,16). The van der Waals surface area contributed by atoms with Crippen LogP contribution in [-0.4, -0.2) is 39.3 Å². The van der Waals surface area contributed by atoms with E-state index in [0.29, 0.717) is 0 Å². The molecule has 0 aliphatic heterocycles. The highest BCUT2D eigenvalue weighted by molar-refractivity contribution is 7.89. The normalized spacial score (nSPS) is 11.6. The van der Waals surface area contributed by atoms with Crippen LogP contribution in [-0.2, 0) is 14.8 Å². The van der Waals surface area contributed by atoms with Gasteiger partial charge >= 0.3 is 0 Å². The second-order valence-electron chi connectivity index (χ2n) is 3.93. The Morgan fingerprint density at radius 2 is 2.11 bits per heavy atom. The molecular weight excluding hydrogens is 273 g/mol. The number of nitrogens with zero attached hydrogens (tertiary/aromatic N) is 1. The van der Waals surface area contributed by atoms with Gasteiger partial charge in [-0.05, 0) is 18.2 Å². The zero-order chi connectivity index (χ0) is 14.6. The molecule has 106 valence electrons. The van der Waals surface area contributed by atoms with Gasteiger partial charge in [0.05, 0.1) is 10.6 Å². The molecule has 0 radical (unpaired) electrons. The fraction of sp³-hybridized carbons (Fsp3) is 0.364. The Balaban J connectivity index is 2.90. The molecule has 0 aliphatic rings. The van der Waals surface area contributed by atoms with Crippen LogP contribution in [0.2, 0.25) is 0 Å². The van der Waals surface area contributed by atoms with Crippen molar-refractivity contribution in [2.45, 2.75) is 11.3 Å². The molecule has 1 amide bonds. The van der Waals surface area contributed by atoms with Crippen LogP contribution in [0.25, 0.3) is 0 Å². The van der Waals surface area contributed by atoms with Gasteiger partial charge in [-0.15, -0.1) is 0 Å². The molecule has 8 heteroatoms. The summed E-state index contributed by atoms with van der Waals surface area (Å²) in [7, 11) is -0.961. The summed E-state index contributed by atoms with van der Waals surface area (Å²) >= 11 is 0. The summed E-state index contributed by atoms with van der Waals surface area (Å²) in [4.78, 5) is 11.0. The molecule has 1 aromatic rings. The van der Waals surface area contributed by atoms with Crippen LogP contribution in [0.15, 0.2) is 23.1 Å². The van der Waals surface area contributed by atoms with E-state index >= 15 is 0 Å². The summed E-state index contributed by atoms with van der Waals surface area (Å²) in [5, 5.41) is 2.40. The van der Waals surface area contributed by atoms with Crippen molar-refractivity contribution in [3.63, 3.8) is 0 Å². The van der Waals surface area contributed by atoms with E-state index in [9.17, 15) is 17.6 Å². The van der Waals surface area contributed by atoms with Gasteiger partial charge in [0.25, 0.3) is 0 Å². The van der Waals surface area contributed by atoms with Gasteiger partial charge in [-0.1, -0.05) is 0 Å². The van der Waals surface area contributed by atoms with Crippen molar-refractivity contribution < 1.29 is 17.6 Å². The number of nitrogen functional groups attached to an aromatic ring is 1. The second kappa shape index (κ2) is 5.98. The molecule has 0 saturated carbocycles. The maximum atomic E-state index is 13.0. The molecule has 0 unspecified atom stereocenters. The highest BCUT2D eigenvalue weighted by Gasteiger charge is 2.21. The summed E-state index contributed by atoms with van der Waals surface area (Å²) in [6.07, 6.45) is 0.0446. The largest absolute Gasteiger partial charge is 0.396 e. The van der Waals surface area contributed by atoms with Gasteiger partial charge in [-0.2, -0.15) is 0 Å². The average Bonchev–Trinajstić information content (AvgIpc) is 2.38. The van der Waals surface area contributed by atoms with E-state index in [1.54, 1.807) is 0 Å². The van der Waals surface area contributed by atoms with Crippen LogP contribution in [0.5, 0.6) is 0 Å². The lowest BCUT2D eigenvalue weighted by atomic mass is 10.3. The summed E-state index contributed by atoms with van der Waals surface area (Å²) in [5.74, 6) is -0.937. The molecule has 0 bridgehead atoms. The molecule has 0 aliphatic carbocycles. The number of nitrogens with two attached hydrogens (primary N) is 1.